The molecule has 0 aliphatic carbocycles. The quantitative estimate of drug-likeness (QED) is 0.870. The van der Waals surface area contributed by atoms with E-state index in [-0.39, 0.29) is 12.4 Å². The molecule has 2 heterocycles. The van der Waals surface area contributed by atoms with E-state index in [9.17, 15) is 0 Å². The molecule has 3 nitrogen and oxygen atoms in total. The molecule has 0 amide bonds. The Morgan fingerprint density at radius 1 is 1.47 bits per heavy atom. The van der Waals surface area contributed by atoms with Crippen LogP contribution in [0.3, 0.4) is 0 Å². The highest BCUT2D eigenvalue weighted by Gasteiger charge is 2.23. The first-order valence-electron chi connectivity index (χ1n) is 5.44. The van der Waals surface area contributed by atoms with E-state index >= 15 is 0 Å². The minimum absolute atomic E-state index is 0. The van der Waals surface area contributed by atoms with Crippen LogP contribution in [-0.4, -0.2) is 29.0 Å². The van der Waals surface area contributed by atoms with Gasteiger partial charge in [-0.1, -0.05) is 0 Å². The van der Waals surface area contributed by atoms with Gasteiger partial charge in [0.05, 0.1) is 5.69 Å². The fourth-order valence-electron chi connectivity index (χ4n) is 2.12. The average molecular weight is 386 g/mol. The molecular weight excluding hydrogens is 369 g/mol. The molecule has 1 atom stereocenters. The first-order chi connectivity index (χ1) is 7.70. The minimum Gasteiger partial charge on any atom is -0.329 e. The third kappa shape index (κ3) is 3.89. The van der Waals surface area contributed by atoms with Crippen LogP contribution >= 0.6 is 44.3 Å². The molecule has 6 heteroatoms. The smallest absolute Gasteiger partial charge is 0.0686 e. The van der Waals surface area contributed by atoms with Crippen molar-refractivity contribution in [2.75, 3.05) is 13.1 Å². The molecule has 17 heavy (non-hydrogen) atoms. The highest BCUT2D eigenvalue weighted by atomic mass is 79.9. The number of hydrogen-bond acceptors (Lipinski definition) is 3. The Labute approximate surface area is 125 Å². The van der Waals surface area contributed by atoms with Crippen LogP contribution in [0.4, 0.5) is 0 Å². The maximum absolute atomic E-state index is 5.76. The van der Waals surface area contributed by atoms with Gasteiger partial charge in [0, 0.05) is 34.3 Å². The van der Waals surface area contributed by atoms with E-state index < -0.39 is 0 Å². The van der Waals surface area contributed by atoms with Crippen molar-refractivity contribution >= 4 is 44.3 Å². The summed E-state index contributed by atoms with van der Waals surface area (Å²) < 4.78 is 2.06. The highest BCUT2D eigenvalue weighted by molar-refractivity contribution is 9.11. The van der Waals surface area contributed by atoms with Gasteiger partial charge in [-0.25, -0.2) is 0 Å². The molecule has 2 N–H and O–H groups in total. The molecule has 0 saturated carbocycles. The third-order valence-corrected chi connectivity index (χ3v) is 4.13. The number of rotatable bonds is 3. The molecule has 0 radical (unpaired) electrons. The Hall–Kier alpha value is 0.320. The van der Waals surface area contributed by atoms with Gasteiger partial charge in [-0.05, 0) is 57.3 Å². The second-order valence-corrected chi connectivity index (χ2v) is 5.85. The van der Waals surface area contributed by atoms with Gasteiger partial charge in [-0.3, -0.25) is 9.88 Å². The van der Waals surface area contributed by atoms with Crippen LogP contribution in [0.25, 0.3) is 0 Å². The molecule has 1 unspecified atom stereocenters. The third-order valence-electron chi connectivity index (χ3n) is 3.01. The molecule has 1 saturated heterocycles. The van der Waals surface area contributed by atoms with Crippen LogP contribution in [-0.2, 0) is 6.54 Å². The van der Waals surface area contributed by atoms with Gasteiger partial charge < -0.3 is 5.73 Å². The topological polar surface area (TPSA) is 42.1 Å². The zero-order chi connectivity index (χ0) is 11.5. The summed E-state index contributed by atoms with van der Waals surface area (Å²) in [4.78, 5) is 6.85. The van der Waals surface area contributed by atoms with Gasteiger partial charge >= 0.3 is 0 Å². The zero-order valence-corrected chi connectivity index (χ0v) is 13.4. The minimum atomic E-state index is 0. The monoisotopic (exact) mass is 383 g/mol. The van der Waals surface area contributed by atoms with Gasteiger partial charge in [-0.2, -0.15) is 0 Å². The number of nitrogens with zero attached hydrogens (tertiary/aromatic N) is 2. The summed E-state index contributed by atoms with van der Waals surface area (Å²) in [5.74, 6) is 0. The van der Waals surface area contributed by atoms with E-state index in [4.69, 9.17) is 5.73 Å². The van der Waals surface area contributed by atoms with Crippen molar-refractivity contribution in [1.82, 2.24) is 9.88 Å². The van der Waals surface area contributed by atoms with E-state index in [1.807, 2.05) is 12.3 Å². The normalized spacial score (nSPS) is 20.3. The lowest BCUT2D eigenvalue weighted by atomic mass is 10.2. The van der Waals surface area contributed by atoms with Crippen molar-refractivity contribution in [1.29, 1.82) is 0 Å². The van der Waals surface area contributed by atoms with Crippen LogP contribution in [0.15, 0.2) is 21.2 Å². The highest BCUT2D eigenvalue weighted by Crippen LogP contribution is 2.24. The van der Waals surface area contributed by atoms with Crippen LogP contribution in [0.5, 0.6) is 0 Å². The van der Waals surface area contributed by atoms with E-state index in [2.05, 4.69) is 41.7 Å². The molecule has 96 valence electrons. The predicted molar refractivity (Wildman–Crippen MR) is 79.4 cm³/mol. The zero-order valence-electron chi connectivity index (χ0n) is 9.40. The summed E-state index contributed by atoms with van der Waals surface area (Å²) in [5, 5.41) is 0. The Morgan fingerprint density at radius 3 is 2.88 bits per heavy atom. The van der Waals surface area contributed by atoms with E-state index in [0.717, 1.165) is 34.3 Å². The first-order valence-corrected chi connectivity index (χ1v) is 7.03. The molecule has 0 bridgehead atoms. The summed E-state index contributed by atoms with van der Waals surface area (Å²) in [6, 6.07) is 2.56. The van der Waals surface area contributed by atoms with Gasteiger partial charge in [0.1, 0.15) is 0 Å². The largest absolute Gasteiger partial charge is 0.329 e. The van der Waals surface area contributed by atoms with Crippen molar-refractivity contribution in [2.24, 2.45) is 5.73 Å². The van der Waals surface area contributed by atoms with Crippen molar-refractivity contribution in [3.8, 4) is 0 Å². The Kier molecular flexibility index (Phi) is 6.37. The van der Waals surface area contributed by atoms with Crippen LogP contribution < -0.4 is 5.73 Å². The lowest BCUT2D eigenvalue weighted by Gasteiger charge is -2.23. The van der Waals surface area contributed by atoms with Crippen molar-refractivity contribution in [3.63, 3.8) is 0 Å². The molecule has 1 aliphatic rings. The molecule has 0 aromatic carbocycles. The average Bonchev–Trinajstić information content (AvgIpc) is 2.69. The van der Waals surface area contributed by atoms with Crippen molar-refractivity contribution in [3.05, 3.63) is 26.9 Å². The second kappa shape index (κ2) is 7.04. The fraction of sp³-hybridized carbons (Fsp3) is 0.545. The predicted octanol–water partition coefficient (Wildman–Crippen LogP) is 2.95. The van der Waals surface area contributed by atoms with Crippen LogP contribution in [0, 0.1) is 0 Å². The number of halogens is 3. The second-order valence-electron chi connectivity index (χ2n) is 4.08. The fourth-order valence-corrected chi connectivity index (χ4v) is 3.23. The molecular formula is C11H16Br2ClN3. The van der Waals surface area contributed by atoms with Crippen molar-refractivity contribution < 1.29 is 0 Å². The summed E-state index contributed by atoms with van der Waals surface area (Å²) in [5.41, 5.74) is 6.85. The number of pyridine rings is 1. The maximum Gasteiger partial charge on any atom is 0.0686 e. The van der Waals surface area contributed by atoms with Crippen LogP contribution in [0.2, 0.25) is 0 Å². The molecule has 1 fully saturated rings. The lowest BCUT2D eigenvalue weighted by Crippen LogP contribution is -2.35. The Morgan fingerprint density at radius 2 is 2.24 bits per heavy atom. The van der Waals surface area contributed by atoms with Gasteiger partial charge in [0.2, 0.25) is 0 Å². The molecule has 1 aromatic rings. The van der Waals surface area contributed by atoms with E-state index in [1.54, 1.807) is 0 Å². The number of hydrogen-bond donors (Lipinski definition) is 1. The molecule has 1 aliphatic heterocycles. The Balaban J connectivity index is 0.00000144. The van der Waals surface area contributed by atoms with Crippen molar-refractivity contribution in [2.45, 2.75) is 25.4 Å². The summed E-state index contributed by atoms with van der Waals surface area (Å²) in [7, 11) is 0. The number of nitrogens with two attached hydrogens (primary N) is 1. The van der Waals surface area contributed by atoms with Gasteiger partial charge in [-0.15, -0.1) is 12.4 Å². The number of aromatic nitrogens is 1. The number of likely N-dealkylation sites (tertiary alicyclic amines) is 1. The lowest BCUT2D eigenvalue weighted by molar-refractivity contribution is 0.247. The summed E-state index contributed by atoms with van der Waals surface area (Å²) >= 11 is 6.95. The van der Waals surface area contributed by atoms with Gasteiger partial charge in [0.25, 0.3) is 0 Å². The van der Waals surface area contributed by atoms with Gasteiger partial charge in [0.15, 0.2) is 0 Å². The maximum atomic E-state index is 5.76. The SMILES string of the molecule is Cl.NCC1CCCN1Cc1ncc(Br)cc1Br. The van der Waals surface area contributed by atoms with E-state index in [1.165, 1.54) is 12.8 Å². The summed E-state index contributed by atoms with van der Waals surface area (Å²) in [6.07, 6.45) is 4.30. The molecule has 1 aromatic heterocycles. The molecule has 0 spiro atoms. The van der Waals surface area contributed by atoms with E-state index in [0.29, 0.717) is 6.04 Å². The standard InChI is InChI=1S/C11H15Br2N3.ClH/c12-8-4-10(13)11(15-6-8)7-16-3-1-2-9(16)5-14;/h4,6,9H,1-3,5,7,14H2;1H. The van der Waals surface area contributed by atoms with Crippen LogP contribution in [0.1, 0.15) is 18.5 Å². The molecule has 2 rings (SSSR count). The summed E-state index contributed by atoms with van der Waals surface area (Å²) in [6.45, 7) is 2.76. The Bertz CT molecular complexity index is 376. The first kappa shape index (κ1) is 15.4.